The fourth-order valence-corrected chi connectivity index (χ4v) is 3.21. The molecule has 0 amide bonds. The maximum absolute atomic E-state index is 12.0. The fourth-order valence-electron chi connectivity index (χ4n) is 1.73. The van der Waals surface area contributed by atoms with Gasteiger partial charge in [-0.05, 0) is 29.3 Å². The van der Waals surface area contributed by atoms with Crippen LogP contribution < -0.4 is 0 Å². The monoisotopic (exact) mass is 274 g/mol. The molecule has 76 valence electrons. The number of halogens is 1. The van der Waals surface area contributed by atoms with E-state index in [-0.39, 0.29) is 17.8 Å². The van der Waals surface area contributed by atoms with Crippen molar-refractivity contribution in [1.29, 1.82) is 0 Å². The van der Waals surface area contributed by atoms with Gasteiger partial charge in [-0.2, -0.15) is 11.3 Å². The number of ketones is 1. The van der Waals surface area contributed by atoms with Crippen LogP contribution in [-0.4, -0.2) is 18.5 Å². The molecular weight excluding hydrogens is 264 g/mol. The summed E-state index contributed by atoms with van der Waals surface area (Å²) in [5.74, 6) is 0.254. The summed E-state index contributed by atoms with van der Waals surface area (Å²) < 4.78 is 6.30. The molecule has 1 fully saturated rings. The second-order valence-corrected chi connectivity index (χ2v) is 5.07. The number of ether oxygens (including phenoxy) is 1. The molecule has 2 nitrogen and oxygen atoms in total. The molecule has 1 aromatic rings. The minimum absolute atomic E-state index is 0.0425. The quantitative estimate of drug-likeness (QED) is 0.775. The van der Waals surface area contributed by atoms with E-state index < -0.39 is 0 Å². The molecule has 2 heterocycles. The van der Waals surface area contributed by atoms with E-state index in [0.29, 0.717) is 6.61 Å². The van der Waals surface area contributed by atoms with E-state index in [4.69, 9.17) is 4.74 Å². The topological polar surface area (TPSA) is 26.3 Å². The molecule has 1 aliphatic rings. The SMILES string of the molecule is CC1OCCC1C(=O)c1cscc1Br. The van der Waals surface area contributed by atoms with Crippen LogP contribution in [0.1, 0.15) is 23.7 Å². The molecule has 1 saturated heterocycles. The van der Waals surface area contributed by atoms with E-state index in [1.807, 2.05) is 17.7 Å². The largest absolute Gasteiger partial charge is 0.378 e. The third-order valence-corrected chi connectivity index (χ3v) is 4.30. The van der Waals surface area contributed by atoms with Crippen LogP contribution in [0.15, 0.2) is 15.2 Å². The van der Waals surface area contributed by atoms with Gasteiger partial charge in [0.2, 0.25) is 0 Å². The molecule has 0 aliphatic carbocycles. The molecule has 0 aromatic carbocycles. The smallest absolute Gasteiger partial charge is 0.170 e. The van der Waals surface area contributed by atoms with Crippen LogP contribution in [0.2, 0.25) is 0 Å². The number of rotatable bonds is 2. The first-order chi connectivity index (χ1) is 6.70. The second-order valence-electron chi connectivity index (χ2n) is 3.47. The standard InChI is InChI=1S/C10H11BrO2S/c1-6-7(2-3-13-6)10(12)8-4-14-5-9(8)11/h4-7H,2-3H2,1H3. The van der Waals surface area contributed by atoms with Gasteiger partial charge in [-0.25, -0.2) is 0 Å². The molecule has 1 aliphatic heterocycles. The lowest BCUT2D eigenvalue weighted by molar-refractivity contribution is 0.0764. The number of hydrogen-bond donors (Lipinski definition) is 0. The fraction of sp³-hybridized carbons (Fsp3) is 0.500. The molecule has 0 N–H and O–H groups in total. The Balaban J connectivity index is 2.20. The summed E-state index contributed by atoms with van der Waals surface area (Å²) in [4.78, 5) is 12.0. The maximum atomic E-state index is 12.0. The van der Waals surface area contributed by atoms with Gasteiger partial charge in [0, 0.05) is 27.4 Å². The number of carbonyl (C=O) groups is 1. The van der Waals surface area contributed by atoms with Gasteiger partial charge in [0.25, 0.3) is 0 Å². The molecule has 0 radical (unpaired) electrons. The molecule has 2 atom stereocenters. The van der Waals surface area contributed by atoms with Crippen molar-refractivity contribution in [1.82, 2.24) is 0 Å². The van der Waals surface area contributed by atoms with Crippen LogP contribution in [-0.2, 0) is 4.74 Å². The third-order valence-electron chi connectivity index (χ3n) is 2.59. The average Bonchev–Trinajstić information content (AvgIpc) is 2.73. The number of carbonyl (C=O) groups excluding carboxylic acids is 1. The van der Waals surface area contributed by atoms with Crippen LogP contribution in [0.25, 0.3) is 0 Å². The van der Waals surface area contributed by atoms with Crippen LogP contribution in [0.3, 0.4) is 0 Å². The van der Waals surface area contributed by atoms with Gasteiger partial charge >= 0.3 is 0 Å². The molecule has 0 saturated carbocycles. The Hall–Kier alpha value is -0.190. The van der Waals surface area contributed by atoms with Gasteiger partial charge in [-0.3, -0.25) is 4.79 Å². The molecular formula is C10H11BrO2S. The van der Waals surface area contributed by atoms with Crippen molar-refractivity contribution >= 4 is 33.0 Å². The van der Waals surface area contributed by atoms with Crippen molar-refractivity contribution in [3.8, 4) is 0 Å². The van der Waals surface area contributed by atoms with Crippen molar-refractivity contribution in [3.05, 3.63) is 20.8 Å². The van der Waals surface area contributed by atoms with Crippen molar-refractivity contribution in [2.75, 3.05) is 6.61 Å². The van der Waals surface area contributed by atoms with Gasteiger partial charge in [-0.1, -0.05) is 0 Å². The van der Waals surface area contributed by atoms with Gasteiger partial charge in [0.15, 0.2) is 5.78 Å². The lowest BCUT2D eigenvalue weighted by atomic mass is 9.94. The minimum atomic E-state index is 0.0425. The molecule has 2 rings (SSSR count). The van der Waals surface area contributed by atoms with Gasteiger partial charge in [-0.15, -0.1) is 0 Å². The first-order valence-corrected chi connectivity index (χ1v) is 6.31. The van der Waals surface area contributed by atoms with Crippen LogP contribution >= 0.6 is 27.3 Å². The van der Waals surface area contributed by atoms with Gasteiger partial charge < -0.3 is 4.74 Å². The molecule has 0 bridgehead atoms. The Kier molecular flexibility index (Phi) is 3.04. The lowest BCUT2D eigenvalue weighted by Crippen LogP contribution is -2.21. The summed E-state index contributed by atoms with van der Waals surface area (Å²) in [6.45, 7) is 2.68. The van der Waals surface area contributed by atoms with E-state index in [2.05, 4.69) is 15.9 Å². The van der Waals surface area contributed by atoms with Gasteiger partial charge in [0.05, 0.1) is 12.0 Å². The van der Waals surface area contributed by atoms with Gasteiger partial charge in [0.1, 0.15) is 0 Å². The Morgan fingerprint density at radius 3 is 2.93 bits per heavy atom. The predicted molar refractivity (Wildman–Crippen MR) is 59.9 cm³/mol. The second kappa shape index (κ2) is 4.13. The van der Waals surface area contributed by atoms with E-state index in [0.717, 1.165) is 16.5 Å². The van der Waals surface area contributed by atoms with Crippen LogP contribution in [0.4, 0.5) is 0 Å². The average molecular weight is 275 g/mol. The Bertz CT molecular complexity index is 348. The Morgan fingerprint density at radius 1 is 1.64 bits per heavy atom. The van der Waals surface area contributed by atoms with Crippen molar-refractivity contribution < 1.29 is 9.53 Å². The molecule has 1 aromatic heterocycles. The van der Waals surface area contributed by atoms with Crippen molar-refractivity contribution in [2.24, 2.45) is 5.92 Å². The predicted octanol–water partition coefficient (Wildman–Crippen LogP) is 3.12. The summed E-state index contributed by atoms with van der Waals surface area (Å²) in [7, 11) is 0. The van der Waals surface area contributed by atoms with Crippen molar-refractivity contribution in [3.63, 3.8) is 0 Å². The maximum Gasteiger partial charge on any atom is 0.170 e. The number of hydrogen-bond acceptors (Lipinski definition) is 3. The summed E-state index contributed by atoms with van der Waals surface area (Å²) in [5.41, 5.74) is 0.803. The minimum Gasteiger partial charge on any atom is -0.378 e. The number of Topliss-reactive ketones (excluding diaryl/α,β-unsaturated/α-hetero) is 1. The molecule has 4 heteroatoms. The van der Waals surface area contributed by atoms with E-state index >= 15 is 0 Å². The molecule has 0 spiro atoms. The zero-order valence-corrected chi connectivity index (χ0v) is 10.2. The normalized spacial score (nSPS) is 26.7. The highest BCUT2D eigenvalue weighted by Crippen LogP contribution is 2.29. The van der Waals surface area contributed by atoms with E-state index in [1.165, 1.54) is 0 Å². The summed E-state index contributed by atoms with van der Waals surface area (Å²) in [5, 5.41) is 3.84. The highest BCUT2D eigenvalue weighted by atomic mass is 79.9. The first kappa shape index (κ1) is 10.3. The summed E-state index contributed by atoms with van der Waals surface area (Å²) in [6, 6.07) is 0. The lowest BCUT2D eigenvalue weighted by Gasteiger charge is -2.11. The van der Waals surface area contributed by atoms with E-state index in [9.17, 15) is 4.79 Å². The summed E-state index contributed by atoms with van der Waals surface area (Å²) >= 11 is 4.93. The van der Waals surface area contributed by atoms with E-state index in [1.54, 1.807) is 11.3 Å². The first-order valence-electron chi connectivity index (χ1n) is 4.57. The highest BCUT2D eigenvalue weighted by molar-refractivity contribution is 9.10. The third kappa shape index (κ3) is 1.78. The Morgan fingerprint density at radius 2 is 2.43 bits per heavy atom. The van der Waals surface area contributed by atoms with Crippen LogP contribution in [0.5, 0.6) is 0 Å². The highest BCUT2D eigenvalue weighted by Gasteiger charge is 2.32. The zero-order chi connectivity index (χ0) is 10.1. The van der Waals surface area contributed by atoms with Crippen LogP contribution in [0, 0.1) is 5.92 Å². The molecule has 2 unspecified atom stereocenters. The summed E-state index contributed by atoms with van der Waals surface area (Å²) in [6.07, 6.45) is 0.914. The number of thiophene rings is 1. The van der Waals surface area contributed by atoms with Crippen molar-refractivity contribution in [2.45, 2.75) is 19.4 Å². The zero-order valence-electron chi connectivity index (χ0n) is 7.83. The Labute approximate surface area is 95.4 Å². The molecule has 14 heavy (non-hydrogen) atoms.